The number of carbonyl (C=O) groups is 2. The summed E-state index contributed by atoms with van der Waals surface area (Å²) in [6.45, 7) is 1.62. The Labute approximate surface area is 194 Å². The molecule has 1 saturated heterocycles. The third kappa shape index (κ3) is 4.70. The molecule has 1 aliphatic carbocycles. The summed E-state index contributed by atoms with van der Waals surface area (Å²) in [5, 5.41) is 8.19. The molecule has 1 heterocycles. The van der Waals surface area contributed by atoms with Gasteiger partial charge >= 0.3 is 0 Å². The predicted molar refractivity (Wildman–Crippen MR) is 119 cm³/mol. The summed E-state index contributed by atoms with van der Waals surface area (Å²) in [5.41, 5.74) is 1.31. The van der Waals surface area contributed by atoms with E-state index in [0.29, 0.717) is 6.42 Å². The Morgan fingerprint density at radius 1 is 1.09 bits per heavy atom. The minimum atomic E-state index is -1.62. The smallest absolute Gasteiger partial charge is 0.267 e. The highest BCUT2D eigenvalue weighted by Crippen LogP contribution is 2.52. The maximum Gasteiger partial charge on any atom is 0.267 e. The van der Waals surface area contributed by atoms with Crippen molar-refractivity contribution in [1.29, 1.82) is 0 Å². The van der Waals surface area contributed by atoms with Crippen LogP contribution in [0.4, 0.5) is 17.6 Å². The Balaban J connectivity index is 1.56. The van der Waals surface area contributed by atoms with E-state index in [1.807, 2.05) is 0 Å². The van der Waals surface area contributed by atoms with Crippen molar-refractivity contribution in [3.8, 4) is 0 Å². The van der Waals surface area contributed by atoms with Crippen molar-refractivity contribution in [3.05, 3.63) is 76.0 Å². The molecule has 2 aliphatic rings. The van der Waals surface area contributed by atoms with E-state index in [2.05, 4.69) is 16.0 Å². The van der Waals surface area contributed by atoms with E-state index in [4.69, 9.17) is 0 Å². The van der Waals surface area contributed by atoms with Crippen molar-refractivity contribution in [2.24, 2.45) is 0 Å². The SMILES string of the molecule is CNC(=O)C(=Cc1cc(F)c(F)c(F)c1)NC(=O)C[C@@H]1CC2(CCNCC2)c2cc(F)ccc21. The quantitative estimate of drug-likeness (QED) is 0.351. The molecule has 1 aliphatic heterocycles. The summed E-state index contributed by atoms with van der Waals surface area (Å²) >= 11 is 0. The first-order valence-electron chi connectivity index (χ1n) is 11.1. The Morgan fingerprint density at radius 2 is 1.76 bits per heavy atom. The van der Waals surface area contributed by atoms with E-state index in [0.717, 1.165) is 55.3 Å². The van der Waals surface area contributed by atoms with Crippen molar-refractivity contribution < 1.29 is 27.2 Å². The van der Waals surface area contributed by atoms with Crippen LogP contribution in [0, 0.1) is 23.3 Å². The Morgan fingerprint density at radius 3 is 2.41 bits per heavy atom. The lowest BCUT2D eigenvalue weighted by Gasteiger charge is -2.35. The summed E-state index contributed by atoms with van der Waals surface area (Å²) < 4.78 is 54.5. The molecule has 2 aromatic rings. The molecule has 0 radical (unpaired) electrons. The number of halogens is 4. The highest BCUT2D eigenvalue weighted by atomic mass is 19.2. The summed E-state index contributed by atoms with van der Waals surface area (Å²) in [5.74, 6) is -6.06. The second-order valence-corrected chi connectivity index (χ2v) is 8.85. The number of hydrogen-bond donors (Lipinski definition) is 3. The van der Waals surface area contributed by atoms with E-state index >= 15 is 0 Å². The standard InChI is InChI=1S/C25H25F4N3O2/c1-30-24(34)21(10-14-8-19(27)23(29)20(28)9-14)32-22(33)11-15-13-25(4-6-31-7-5-25)18-12-16(26)2-3-17(15)18/h2-3,8-10,12,15,31H,4-7,11,13H2,1H3,(H,30,34)(H,32,33)/t15-/m1/s1. The number of piperidine rings is 1. The molecule has 0 aromatic heterocycles. The number of amides is 2. The molecule has 3 N–H and O–H groups in total. The van der Waals surface area contributed by atoms with Crippen molar-refractivity contribution in [3.63, 3.8) is 0 Å². The van der Waals surface area contributed by atoms with Crippen LogP contribution in [0.5, 0.6) is 0 Å². The van der Waals surface area contributed by atoms with E-state index in [-0.39, 0.29) is 34.8 Å². The zero-order valence-corrected chi connectivity index (χ0v) is 18.6. The first kappa shape index (κ1) is 23.9. The molecule has 0 saturated carbocycles. The fourth-order valence-electron chi connectivity index (χ4n) is 5.14. The second kappa shape index (κ2) is 9.58. The molecular weight excluding hydrogens is 450 g/mol. The molecule has 4 rings (SSSR count). The molecule has 1 atom stereocenters. The van der Waals surface area contributed by atoms with Crippen LogP contribution in [-0.4, -0.2) is 32.0 Å². The maximum absolute atomic E-state index is 14.1. The van der Waals surface area contributed by atoms with Crippen LogP contribution in [0.2, 0.25) is 0 Å². The maximum atomic E-state index is 14.1. The summed E-state index contributed by atoms with van der Waals surface area (Å²) in [7, 11) is 1.34. The number of benzene rings is 2. The van der Waals surface area contributed by atoms with E-state index < -0.39 is 29.3 Å². The molecular formula is C25H25F4N3O2. The zero-order valence-electron chi connectivity index (χ0n) is 18.6. The van der Waals surface area contributed by atoms with Gasteiger partial charge in [0.2, 0.25) is 5.91 Å². The molecule has 9 heteroatoms. The van der Waals surface area contributed by atoms with E-state index in [9.17, 15) is 27.2 Å². The van der Waals surface area contributed by atoms with Gasteiger partial charge in [-0.2, -0.15) is 0 Å². The van der Waals surface area contributed by atoms with E-state index in [1.165, 1.54) is 13.1 Å². The second-order valence-electron chi connectivity index (χ2n) is 8.85. The van der Waals surface area contributed by atoms with Gasteiger partial charge in [-0.05, 0) is 90.7 Å². The molecule has 2 aromatic carbocycles. The van der Waals surface area contributed by atoms with Crippen LogP contribution in [0.25, 0.3) is 6.08 Å². The normalized spacial score (nSPS) is 19.1. The van der Waals surface area contributed by atoms with Gasteiger partial charge in [0.25, 0.3) is 5.91 Å². The summed E-state index contributed by atoms with van der Waals surface area (Å²) in [6.07, 6.45) is 3.50. The number of rotatable bonds is 5. The van der Waals surface area contributed by atoms with Gasteiger partial charge in [-0.25, -0.2) is 17.6 Å². The van der Waals surface area contributed by atoms with Crippen molar-refractivity contribution in [2.75, 3.05) is 20.1 Å². The van der Waals surface area contributed by atoms with Gasteiger partial charge in [0.05, 0.1) is 0 Å². The minimum Gasteiger partial charge on any atom is -0.354 e. The molecule has 0 unspecified atom stereocenters. The van der Waals surface area contributed by atoms with Gasteiger partial charge in [0, 0.05) is 13.5 Å². The molecule has 5 nitrogen and oxygen atoms in total. The van der Waals surface area contributed by atoms with Gasteiger partial charge < -0.3 is 16.0 Å². The number of nitrogens with one attached hydrogen (secondary N) is 3. The zero-order chi connectivity index (χ0) is 24.5. The summed E-state index contributed by atoms with van der Waals surface area (Å²) in [4.78, 5) is 25.2. The lowest BCUT2D eigenvalue weighted by Crippen LogP contribution is -2.38. The number of hydrogen-bond acceptors (Lipinski definition) is 3. The largest absolute Gasteiger partial charge is 0.354 e. The average Bonchev–Trinajstić information content (AvgIpc) is 3.08. The van der Waals surface area contributed by atoms with Crippen molar-refractivity contribution >= 4 is 17.9 Å². The lowest BCUT2D eigenvalue weighted by molar-refractivity contribution is -0.123. The van der Waals surface area contributed by atoms with Crippen LogP contribution in [0.3, 0.4) is 0 Å². The average molecular weight is 475 g/mol. The predicted octanol–water partition coefficient (Wildman–Crippen LogP) is 3.64. The highest BCUT2D eigenvalue weighted by Gasteiger charge is 2.44. The topological polar surface area (TPSA) is 70.2 Å². The van der Waals surface area contributed by atoms with Crippen LogP contribution in [-0.2, 0) is 15.0 Å². The number of carbonyl (C=O) groups excluding carboxylic acids is 2. The van der Waals surface area contributed by atoms with Gasteiger partial charge in [-0.15, -0.1) is 0 Å². The third-order valence-electron chi connectivity index (χ3n) is 6.72. The number of fused-ring (bicyclic) bond motifs is 2. The third-order valence-corrected chi connectivity index (χ3v) is 6.72. The monoisotopic (exact) mass is 475 g/mol. The fraction of sp³-hybridized carbons (Fsp3) is 0.360. The molecule has 180 valence electrons. The van der Waals surface area contributed by atoms with Crippen molar-refractivity contribution in [2.45, 2.75) is 37.0 Å². The highest BCUT2D eigenvalue weighted by molar-refractivity contribution is 6.01. The van der Waals surface area contributed by atoms with Crippen LogP contribution in [0.1, 0.15) is 48.3 Å². The van der Waals surface area contributed by atoms with Gasteiger partial charge in [-0.1, -0.05) is 6.07 Å². The molecule has 2 amide bonds. The van der Waals surface area contributed by atoms with Crippen molar-refractivity contribution in [1.82, 2.24) is 16.0 Å². The van der Waals surface area contributed by atoms with Gasteiger partial charge in [0.15, 0.2) is 17.5 Å². The Bertz CT molecular complexity index is 1140. The van der Waals surface area contributed by atoms with E-state index in [1.54, 1.807) is 12.1 Å². The first-order valence-corrected chi connectivity index (χ1v) is 11.1. The molecule has 0 bridgehead atoms. The molecule has 1 fully saturated rings. The molecule has 1 spiro atoms. The first-order chi connectivity index (χ1) is 16.2. The number of likely N-dealkylation sites (N-methyl/N-ethyl adjacent to an activating group) is 1. The Hall–Kier alpha value is -3.20. The van der Waals surface area contributed by atoms with Crippen LogP contribution < -0.4 is 16.0 Å². The van der Waals surface area contributed by atoms with Crippen LogP contribution in [0.15, 0.2) is 36.0 Å². The van der Waals surface area contributed by atoms with Gasteiger partial charge in [0.1, 0.15) is 11.5 Å². The van der Waals surface area contributed by atoms with Crippen LogP contribution >= 0.6 is 0 Å². The summed E-state index contributed by atoms with van der Waals surface area (Å²) in [6, 6.07) is 6.13. The minimum absolute atomic E-state index is 0.0499. The fourth-order valence-corrected chi connectivity index (χ4v) is 5.14. The lowest BCUT2D eigenvalue weighted by atomic mass is 9.73. The molecule has 34 heavy (non-hydrogen) atoms. The van der Waals surface area contributed by atoms with Gasteiger partial charge in [-0.3, -0.25) is 9.59 Å². The Kier molecular flexibility index (Phi) is 6.74.